The van der Waals surface area contributed by atoms with Crippen molar-refractivity contribution in [2.45, 2.75) is 33.3 Å². The second-order valence-electron chi connectivity index (χ2n) is 4.80. The molecule has 0 saturated carbocycles. The topological polar surface area (TPSA) is 26.3 Å². The van der Waals surface area contributed by atoms with Gasteiger partial charge in [0.25, 0.3) is 0 Å². The summed E-state index contributed by atoms with van der Waals surface area (Å²) in [6, 6.07) is 3.10. The molecular formula is C14H18F2O2. The van der Waals surface area contributed by atoms with E-state index in [0.29, 0.717) is 5.92 Å². The van der Waals surface area contributed by atoms with Crippen LogP contribution in [0.1, 0.15) is 37.6 Å². The normalized spacial score (nSPS) is 12.8. The van der Waals surface area contributed by atoms with E-state index in [0.717, 1.165) is 18.6 Å². The Morgan fingerprint density at radius 2 is 1.89 bits per heavy atom. The predicted molar refractivity (Wildman–Crippen MR) is 65.6 cm³/mol. The van der Waals surface area contributed by atoms with Crippen molar-refractivity contribution in [3.8, 4) is 0 Å². The highest BCUT2D eigenvalue weighted by Gasteiger charge is 2.12. The van der Waals surface area contributed by atoms with Gasteiger partial charge in [-0.2, -0.15) is 0 Å². The minimum atomic E-state index is -1.02. The summed E-state index contributed by atoms with van der Waals surface area (Å²) in [6.07, 6.45) is 0.824. The van der Waals surface area contributed by atoms with Crippen LogP contribution >= 0.6 is 0 Å². The van der Waals surface area contributed by atoms with Gasteiger partial charge in [0.2, 0.25) is 0 Å². The minimum Gasteiger partial charge on any atom is -0.370 e. The number of Topliss-reactive ketones (excluding diaryl/α,β-unsaturated/α-hetero) is 1. The first-order chi connectivity index (χ1) is 8.40. The molecule has 0 amide bonds. The Hall–Kier alpha value is -1.29. The zero-order chi connectivity index (χ0) is 13.7. The Kier molecular flexibility index (Phi) is 5.41. The van der Waals surface area contributed by atoms with E-state index in [1.54, 1.807) is 0 Å². The summed E-state index contributed by atoms with van der Waals surface area (Å²) in [5.74, 6) is -1.83. The van der Waals surface area contributed by atoms with Crippen LogP contribution < -0.4 is 0 Å². The standard InChI is InChI=1S/C14H18F2O2/c1-9(2)6-10(3)18-8-14(17)11-4-5-12(15)13(16)7-11/h4-5,7,9-10H,6,8H2,1-3H3. The molecule has 0 aliphatic rings. The monoisotopic (exact) mass is 256 g/mol. The lowest BCUT2D eigenvalue weighted by atomic mass is 10.1. The Labute approximate surface area is 106 Å². The van der Waals surface area contributed by atoms with E-state index in [1.807, 2.05) is 6.92 Å². The zero-order valence-electron chi connectivity index (χ0n) is 10.9. The molecule has 0 radical (unpaired) electrons. The van der Waals surface area contributed by atoms with Gasteiger partial charge in [0.15, 0.2) is 17.4 Å². The molecule has 0 aliphatic heterocycles. The molecule has 100 valence electrons. The van der Waals surface area contributed by atoms with Gasteiger partial charge < -0.3 is 4.74 Å². The van der Waals surface area contributed by atoms with Crippen LogP contribution in [0.25, 0.3) is 0 Å². The van der Waals surface area contributed by atoms with Crippen LogP contribution in [-0.4, -0.2) is 18.5 Å². The summed E-state index contributed by atoms with van der Waals surface area (Å²) < 4.78 is 31.0. The van der Waals surface area contributed by atoms with E-state index < -0.39 is 11.6 Å². The van der Waals surface area contributed by atoms with Gasteiger partial charge in [0, 0.05) is 5.56 Å². The number of ether oxygens (including phenoxy) is 1. The number of hydrogen-bond acceptors (Lipinski definition) is 2. The second-order valence-corrected chi connectivity index (χ2v) is 4.80. The second kappa shape index (κ2) is 6.59. The molecule has 0 spiro atoms. The number of carbonyl (C=O) groups is 1. The van der Waals surface area contributed by atoms with Gasteiger partial charge in [-0.25, -0.2) is 8.78 Å². The number of ketones is 1. The molecule has 0 saturated heterocycles. The maximum Gasteiger partial charge on any atom is 0.188 e. The lowest BCUT2D eigenvalue weighted by molar-refractivity contribution is 0.0444. The van der Waals surface area contributed by atoms with Crippen LogP contribution in [0.2, 0.25) is 0 Å². The van der Waals surface area contributed by atoms with Gasteiger partial charge in [-0.15, -0.1) is 0 Å². The van der Waals surface area contributed by atoms with Crippen molar-refractivity contribution in [2.75, 3.05) is 6.61 Å². The summed E-state index contributed by atoms with van der Waals surface area (Å²) >= 11 is 0. The quantitative estimate of drug-likeness (QED) is 0.727. The average Bonchev–Trinajstić information content (AvgIpc) is 2.28. The molecule has 0 fully saturated rings. The van der Waals surface area contributed by atoms with Crippen molar-refractivity contribution in [1.82, 2.24) is 0 Å². The molecule has 0 N–H and O–H groups in total. The first-order valence-corrected chi connectivity index (χ1v) is 6.00. The lowest BCUT2D eigenvalue weighted by Gasteiger charge is -2.14. The third-order valence-electron chi connectivity index (χ3n) is 2.54. The summed E-state index contributed by atoms with van der Waals surface area (Å²) in [4.78, 5) is 11.7. The van der Waals surface area contributed by atoms with Crippen molar-refractivity contribution in [3.63, 3.8) is 0 Å². The van der Waals surface area contributed by atoms with Crippen molar-refractivity contribution in [2.24, 2.45) is 5.92 Å². The molecule has 1 aromatic carbocycles. The summed E-state index contributed by atoms with van der Waals surface area (Å²) in [6.45, 7) is 5.91. The van der Waals surface area contributed by atoms with Gasteiger partial charge in [-0.1, -0.05) is 13.8 Å². The highest BCUT2D eigenvalue weighted by molar-refractivity contribution is 5.97. The molecule has 0 heterocycles. The highest BCUT2D eigenvalue weighted by Crippen LogP contribution is 2.11. The van der Waals surface area contributed by atoms with Crippen LogP contribution in [0.15, 0.2) is 18.2 Å². The average molecular weight is 256 g/mol. The van der Waals surface area contributed by atoms with Gasteiger partial charge in [-0.05, 0) is 37.5 Å². The number of halogens is 2. The third-order valence-corrected chi connectivity index (χ3v) is 2.54. The number of hydrogen-bond donors (Lipinski definition) is 0. The summed E-state index contributed by atoms with van der Waals surface area (Å²) in [7, 11) is 0. The van der Waals surface area contributed by atoms with E-state index in [2.05, 4.69) is 13.8 Å². The van der Waals surface area contributed by atoms with Crippen LogP contribution in [0.4, 0.5) is 8.78 Å². The molecule has 1 unspecified atom stereocenters. The van der Waals surface area contributed by atoms with Crippen LogP contribution in [0, 0.1) is 17.6 Å². The molecule has 0 bridgehead atoms. The van der Waals surface area contributed by atoms with Crippen LogP contribution in [0.5, 0.6) is 0 Å². The fourth-order valence-electron chi connectivity index (χ4n) is 1.70. The molecule has 1 atom stereocenters. The van der Waals surface area contributed by atoms with Gasteiger partial charge in [0.05, 0.1) is 6.10 Å². The van der Waals surface area contributed by atoms with E-state index in [9.17, 15) is 13.6 Å². The molecule has 4 heteroatoms. The molecule has 2 nitrogen and oxygen atoms in total. The van der Waals surface area contributed by atoms with E-state index in [4.69, 9.17) is 4.74 Å². The lowest BCUT2D eigenvalue weighted by Crippen LogP contribution is -2.17. The first-order valence-electron chi connectivity index (χ1n) is 6.00. The molecule has 1 aromatic rings. The Bertz CT molecular complexity index is 416. The van der Waals surface area contributed by atoms with Gasteiger partial charge in [-0.3, -0.25) is 4.79 Å². The van der Waals surface area contributed by atoms with Crippen molar-refractivity contribution in [3.05, 3.63) is 35.4 Å². The van der Waals surface area contributed by atoms with Gasteiger partial charge in [0.1, 0.15) is 6.61 Å². The maximum absolute atomic E-state index is 12.9. The smallest absolute Gasteiger partial charge is 0.188 e. The highest BCUT2D eigenvalue weighted by atomic mass is 19.2. The maximum atomic E-state index is 12.9. The largest absolute Gasteiger partial charge is 0.370 e. The van der Waals surface area contributed by atoms with Crippen molar-refractivity contribution < 1.29 is 18.3 Å². The summed E-state index contributed by atoms with van der Waals surface area (Å²) in [5.41, 5.74) is 0.130. The van der Waals surface area contributed by atoms with E-state index in [-0.39, 0.29) is 24.1 Å². The molecular weight excluding hydrogens is 238 g/mol. The molecule has 0 aliphatic carbocycles. The van der Waals surface area contributed by atoms with E-state index in [1.165, 1.54) is 6.07 Å². The first kappa shape index (κ1) is 14.8. The SMILES string of the molecule is CC(C)CC(C)OCC(=O)c1ccc(F)c(F)c1. The minimum absolute atomic E-state index is 0.0285. The van der Waals surface area contributed by atoms with E-state index >= 15 is 0 Å². The van der Waals surface area contributed by atoms with Crippen LogP contribution in [0.3, 0.4) is 0 Å². The Morgan fingerprint density at radius 1 is 1.22 bits per heavy atom. The predicted octanol–water partition coefficient (Wildman–Crippen LogP) is 3.60. The van der Waals surface area contributed by atoms with Crippen molar-refractivity contribution >= 4 is 5.78 Å². The van der Waals surface area contributed by atoms with Gasteiger partial charge >= 0.3 is 0 Å². The third kappa shape index (κ3) is 4.53. The molecule has 0 aromatic heterocycles. The Morgan fingerprint density at radius 3 is 2.44 bits per heavy atom. The molecule has 1 rings (SSSR count). The Balaban J connectivity index is 2.52. The molecule has 18 heavy (non-hydrogen) atoms. The summed E-state index contributed by atoms with van der Waals surface area (Å²) in [5, 5.41) is 0. The number of carbonyl (C=O) groups excluding carboxylic acids is 1. The van der Waals surface area contributed by atoms with Crippen LogP contribution in [-0.2, 0) is 4.74 Å². The number of benzene rings is 1. The zero-order valence-corrected chi connectivity index (χ0v) is 10.9. The number of rotatable bonds is 6. The fraction of sp³-hybridized carbons (Fsp3) is 0.500. The van der Waals surface area contributed by atoms with Crippen molar-refractivity contribution in [1.29, 1.82) is 0 Å². The fourth-order valence-corrected chi connectivity index (χ4v) is 1.70.